The molecule has 4 nitrogen and oxygen atoms in total. The van der Waals surface area contributed by atoms with E-state index < -0.39 is 0 Å². The zero-order chi connectivity index (χ0) is 19.5. The van der Waals surface area contributed by atoms with Crippen LogP contribution in [0, 0.1) is 5.92 Å². The number of piperazine rings is 1. The minimum absolute atomic E-state index is 0.211. The summed E-state index contributed by atoms with van der Waals surface area (Å²) in [6, 6.07) is 19.2. The Morgan fingerprint density at radius 2 is 1.69 bits per heavy atom. The van der Waals surface area contributed by atoms with E-state index in [1.165, 1.54) is 22.4 Å². The van der Waals surface area contributed by atoms with Crippen molar-refractivity contribution in [1.29, 1.82) is 0 Å². The van der Waals surface area contributed by atoms with Crippen LogP contribution in [-0.4, -0.2) is 60.9 Å². The summed E-state index contributed by atoms with van der Waals surface area (Å²) in [6.07, 6.45) is 7.01. The van der Waals surface area contributed by atoms with E-state index in [0.717, 1.165) is 52.1 Å². The average Bonchev–Trinajstić information content (AvgIpc) is 3.19. The van der Waals surface area contributed by atoms with Gasteiger partial charge in [0.15, 0.2) is 0 Å². The van der Waals surface area contributed by atoms with Crippen LogP contribution in [0.15, 0.2) is 65.8 Å². The fraction of sp³-hybridized carbons (Fsp3) is 0.400. The van der Waals surface area contributed by atoms with Gasteiger partial charge in [-0.25, -0.2) is 0 Å². The van der Waals surface area contributed by atoms with Gasteiger partial charge in [0.2, 0.25) is 0 Å². The van der Waals surface area contributed by atoms with Gasteiger partial charge in [0.25, 0.3) is 0 Å². The summed E-state index contributed by atoms with van der Waals surface area (Å²) >= 11 is 0. The maximum Gasteiger partial charge on any atom is 0.148 e. The second kappa shape index (κ2) is 8.52. The van der Waals surface area contributed by atoms with Gasteiger partial charge in [-0.05, 0) is 24.0 Å². The van der Waals surface area contributed by atoms with Crippen molar-refractivity contribution in [2.45, 2.75) is 18.9 Å². The predicted octanol–water partition coefficient (Wildman–Crippen LogP) is 3.68. The molecule has 0 spiro atoms. The second-order valence-electron chi connectivity index (χ2n) is 8.34. The Morgan fingerprint density at radius 3 is 2.55 bits per heavy atom. The lowest BCUT2D eigenvalue weighted by molar-refractivity contribution is 0.0172. The third-order valence-corrected chi connectivity index (χ3v) is 6.48. The summed E-state index contributed by atoms with van der Waals surface area (Å²) in [4.78, 5) is 11.0. The molecule has 5 rings (SSSR count). The van der Waals surface area contributed by atoms with Gasteiger partial charge in [-0.1, -0.05) is 71.9 Å². The third-order valence-electron chi connectivity index (χ3n) is 6.48. The number of oxime groups is 1. The molecule has 150 valence electrons. The Labute approximate surface area is 173 Å². The van der Waals surface area contributed by atoms with Crippen LogP contribution >= 0.6 is 0 Å². The normalized spacial score (nSPS) is 24.8. The number of hydrogen-bond acceptors (Lipinski definition) is 4. The maximum atomic E-state index is 5.92. The molecule has 29 heavy (non-hydrogen) atoms. The van der Waals surface area contributed by atoms with Crippen LogP contribution in [-0.2, 0) is 11.3 Å². The number of rotatable bonds is 5. The highest BCUT2D eigenvalue weighted by Gasteiger charge is 2.39. The Hall–Kier alpha value is -2.43. The van der Waals surface area contributed by atoms with Crippen LogP contribution in [0.3, 0.4) is 0 Å². The monoisotopic (exact) mass is 387 g/mol. The van der Waals surface area contributed by atoms with E-state index in [1.54, 1.807) is 0 Å². The first kappa shape index (κ1) is 18.6. The number of nitrogens with zero attached hydrogens (tertiary/aromatic N) is 3. The lowest BCUT2D eigenvalue weighted by Gasteiger charge is -2.36. The molecule has 2 heterocycles. The number of aryl methyl sites for hydroxylation is 1. The molecular formula is C25H29N3O. The smallest absolute Gasteiger partial charge is 0.148 e. The van der Waals surface area contributed by atoms with Crippen molar-refractivity contribution in [3.8, 4) is 0 Å². The molecule has 2 atom stereocenters. The zero-order valence-electron chi connectivity index (χ0n) is 16.9. The van der Waals surface area contributed by atoms with E-state index >= 15 is 0 Å². The van der Waals surface area contributed by atoms with Gasteiger partial charge in [0.05, 0.1) is 5.71 Å². The van der Waals surface area contributed by atoms with Crippen molar-refractivity contribution in [2.24, 2.45) is 11.1 Å². The van der Waals surface area contributed by atoms with Crippen LogP contribution in [0.5, 0.6) is 0 Å². The first-order chi connectivity index (χ1) is 14.4. The van der Waals surface area contributed by atoms with Gasteiger partial charge in [-0.3, -0.25) is 9.80 Å². The van der Waals surface area contributed by atoms with Crippen LogP contribution in [0.25, 0.3) is 6.08 Å². The highest BCUT2D eigenvalue weighted by molar-refractivity contribution is 6.05. The van der Waals surface area contributed by atoms with E-state index in [0.29, 0.717) is 5.92 Å². The molecule has 1 saturated heterocycles. The molecule has 1 fully saturated rings. The lowest BCUT2D eigenvalue weighted by Crippen LogP contribution is -2.49. The second-order valence-corrected chi connectivity index (χ2v) is 8.34. The predicted molar refractivity (Wildman–Crippen MR) is 118 cm³/mol. The van der Waals surface area contributed by atoms with Gasteiger partial charge >= 0.3 is 0 Å². The van der Waals surface area contributed by atoms with E-state index in [2.05, 4.69) is 81.7 Å². The molecule has 2 aromatic carbocycles. The molecule has 3 aliphatic rings. The van der Waals surface area contributed by atoms with Crippen LogP contribution in [0.2, 0.25) is 0 Å². The minimum atomic E-state index is 0.211. The Balaban J connectivity index is 1.10. The molecule has 1 aliphatic carbocycles. The summed E-state index contributed by atoms with van der Waals surface area (Å²) in [5, 5.41) is 4.50. The third kappa shape index (κ3) is 4.14. The Kier molecular flexibility index (Phi) is 5.46. The van der Waals surface area contributed by atoms with Gasteiger partial charge in [-0.2, -0.15) is 0 Å². The van der Waals surface area contributed by atoms with Crippen molar-refractivity contribution < 1.29 is 4.84 Å². The summed E-state index contributed by atoms with van der Waals surface area (Å²) in [7, 11) is 0. The van der Waals surface area contributed by atoms with Crippen LogP contribution in [0.4, 0.5) is 0 Å². The van der Waals surface area contributed by atoms with Crippen LogP contribution < -0.4 is 0 Å². The lowest BCUT2D eigenvalue weighted by atomic mass is 9.79. The van der Waals surface area contributed by atoms with E-state index in [9.17, 15) is 0 Å². The zero-order valence-corrected chi connectivity index (χ0v) is 16.9. The number of hydrogen-bond donors (Lipinski definition) is 0. The first-order valence-electron chi connectivity index (χ1n) is 10.8. The minimum Gasteiger partial charge on any atom is -0.390 e. The molecular weight excluding hydrogens is 358 g/mol. The molecule has 0 saturated carbocycles. The topological polar surface area (TPSA) is 28.1 Å². The molecule has 0 unspecified atom stereocenters. The quantitative estimate of drug-likeness (QED) is 0.783. The Morgan fingerprint density at radius 1 is 0.931 bits per heavy atom. The molecule has 2 aliphatic heterocycles. The average molecular weight is 388 g/mol. The number of fused-ring (bicyclic) bond motifs is 3. The van der Waals surface area contributed by atoms with E-state index in [4.69, 9.17) is 4.84 Å². The van der Waals surface area contributed by atoms with Crippen molar-refractivity contribution in [1.82, 2.24) is 9.80 Å². The molecule has 0 radical (unpaired) electrons. The largest absolute Gasteiger partial charge is 0.390 e. The van der Waals surface area contributed by atoms with Crippen molar-refractivity contribution in [3.63, 3.8) is 0 Å². The summed E-state index contributed by atoms with van der Waals surface area (Å²) < 4.78 is 0. The first-order valence-corrected chi connectivity index (χ1v) is 10.8. The van der Waals surface area contributed by atoms with E-state index in [-0.39, 0.29) is 6.10 Å². The molecule has 2 aromatic rings. The molecule has 0 aromatic heterocycles. The SMILES string of the molecule is C(=C\c1ccccc1)/CN1CCN(C[C@@H]2ON=C3c4ccccc4CC[C@H]32)CC1. The fourth-order valence-corrected chi connectivity index (χ4v) is 4.78. The van der Waals surface area contributed by atoms with Crippen LogP contribution in [0.1, 0.15) is 23.1 Å². The summed E-state index contributed by atoms with van der Waals surface area (Å²) in [5.41, 5.74) is 5.18. The highest BCUT2D eigenvalue weighted by Crippen LogP contribution is 2.34. The standard InChI is InChI=1S/C25H29N3O/c1-2-7-20(8-3-1)9-6-14-27-15-17-28(18-16-27)19-24-23-13-12-21-10-4-5-11-22(21)25(23)26-29-24/h1-11,23-24H,12-19H2/b9-6+/t23-,24-/m0/s1. The van der Waals surface area contributed by atoms with Gasteiger partial charge < -0.3 is 4.84 Å². The number of benzene rings is 2. The van der Waals surface area contributed by atoms with Crippen molar-refractivity contribution in [2.75, 3.05) is 39.3 Å². The molecule has 0 amide bonds. The maximum absolute atomic E-state index is 5.92. The molecule has 4 heteroatoms. The highest BCUT2D eigenvalue weighted by atomic mass is 16.6. The summed E-state index contributed by atoms with van der Waals surface area (Å²) in [5.74, 6) is 0.455. The molecule has 0 bridgehead atoms. The van der Waals surface area contributed by atoms with Gasteiger partial charge in [0.1, 0.15) is 6.10 Å². The van der Waals surface area contributed by atoms with Crippen molar-refractivity contribution in [3.05, 3.63) is 77.4 Å². The molecule has 0 N–H and O–H groups in total. The van der Waals surface area contributed by atoms with Gasteiger partial charge in [0, 0.05) is 50.7 Å². The summed E-state index contributed by atoms with van der Waals surface area (Å²) in [6.45, 7) is 6.47. The Bertz CT molecular complexity index is 884. The fourth-order valence-electron chi connectivity index (χ4n) is 4.78. The van der Waals surface area contributed by atoms with Crippen molar-refractivity contribution >= 4 is 11.8 Å². The van der Waals surface area contributed by atoms with Gasteiger partial charge in [-0.15, -0.1) is 0 Å². The van der Waals surface area contributed by atoms with E-state index in [1.807, 2.05) is 0 Å².